The number of fused-ring (bicyclic) bond motifs is 13. The molecule has 2 aliphatic rings. The van der Waals surface area contributed by atoms with E-state index in [0.717, 1.165) is 12.0 Å². The lowest BCUT2D eigenvalue weighted by molar-refractivity contribution is -0.129. The number of hydrogen-bond donors (Lipinski definition) is 4. The molecule has 2 bridgehead atoms. The Morgan fingerprint density at radius 2 is 2.00 bits per heavy atom. The monoisotopic (exact) mass is 509 g/mol. The van der Waals surface area contributed by atoms with E-state index in [0.29, 0.717) is 24.9 Å². The number of carbonyl (C=O) groups excluding carboxylic acids is 2. The Hall–Kier alpha value is -3.41. The number of benzene rings is 2. The topological polar surface area (TPSA) is 99.7 Å². The zero-order valence-electron chi connectivity index (χ0n) is 21.3. The van der Waals surface area contributed by atoms with E-state index < -0.39 is 29.9 Å². The summed E-state index contributed by atoms with van der Waals surface area (Å²) in [5.74, 6) is 1.26. The van der Waals surface area contributed by atoms with E-state index >= 15 is 0 Å². The first-order valence-corrected chi connectivity index (χ1v) is 12.8. The van der Waals surface area contributed by atoms with Gasteiger partial charge in [0, 0.05) is 25.9 Å². The minimum absolute atomic E-state index is 0.0127. The molecule has 0 saturated heterocycles. The molecule has 0 saturated carbocycles. The summed E-state index contributed by atoms with van der Waals surface area (Å²) in [6.45, 7) is 3.10. The molecule has 0 spiro atoms. The van der Waals surface area contributed by atoms with Crippen LogP contribution in [0.2, 0.25) is 0 Å². The van der Waals surface area contributed by atoms with E-state index in [1.54, 1.807) is 12.1 Å². The number of carbonyl (C=O) groups is 2. The summed E-state index contributed by atoms with van der Waals surface area (Å²) in [6.07, 6.45) is 6.84. The quantitative estimate of drug-likeness (QED) is 0.430. The number of amides is 2. The fraction of sp³-hybridized carbons (Fsp3) is 0.448. The normalized spacial score (nSPS) is 19.8. The lowest BCUT2D eigenvalue weighted by Gasteiger charge is -2.27. The van der Waals surface area contributed by atoms with E-state index in [1.165, 1.54) is 11.6 Å². The van der Waals surface area contributed by atoms with Gasteiger partial charge in [-0.2, -0.15) is 0 Å². The molecule has 2 aromatic rings. The predicted molar refractivity (Wildman–Crippen MR) is 140 cm³/mol. The second kappa shape index (κ2) is 14.4. The highest BCUT2D eigenvalue weighted by Crippen LogP contribution is 2.20. The number of aliphatic hydroxyl groups excluding tert-OH is 1. The Balaban J connectivity index is 1.77. The third kappa shape index (κ3) is 8.88. The Morgan fingerprint density at radius 1 is 1.19 bits per heavy atom. The molecule has 0 unspecified atom stereocenters. The zero-order valence-corrected chi connectivity index (χ0v) is 21.3. The Labute approximate surface area is 218 Å². The van der Waals surface area contributed by atoms with Gasteiger partial charge < -0.3 is 25.8 Å². The molecular formula is C29H36FN3O4. The molecule has 2 aliphatic heterocycles. The SMILES string of the molecule is C#CC[C@@H]1NC(=O)CCCCOc2ccc(cc2F)C[C@@H]([C@H](O)CNCc2cccc(CC)c2)NC1=O. The van der Waals surface area contributed by atoms with Crippen LogP contribution in [-0.4, -0.2) is 48.3 Å². The molecule has 37 heavy (non-hydrogen) atoms. The van der Waals surface area contributed by atoms with Gasteiger partial charge in [0.05, 0.1) is 18.8 Å². The van der Waals surface area contributed by atoms with Gasteiger partial charge in [-0.1, -0.05) is 37.3 Å². The number of halogens is 1. The van der Waals surface area contributed by atoms with Crippen molar-refractivity contribution >= 4 is 11.8 Å². The zero-order chi connectivity index (χ0) is 26.6. The fourth-order valence-electron chi connectivity index (χ4n) is 4.24. The van der Waals surface area contributed by atoms with Gasteiger partial charge in [0.1, 0.15) is 6.04 Å². The van der Waals surface area contributed by atoms with Gasteiger partial charge in [-0.3, -0.25) is 9.59 Å². The van der Waals surface area contributed by atoms with Crippen LogP contribution in [0.4, 0.5) is 4.39 Å². The van der Waals surface area contributed by atoms with Crippen LogP contribution in [0, 0.1) is 18.2 Å². The van der Waals surface area contributed by atoms with E-state index in [-0.39, 0.29) is 44.1 Å². The molecule has 2 heterocycles. The molecule has 2 amide bonds. The number of aliphatic hydroxyl groups is 1. The molecule has 198 valence electrons. The molecule has 8 heteroatoms. The van der Waals surface area contributed by atoms with E-state index in [9.17, 15) is 19.1 Å². The van der Waals surface area contributed by atoms with Gasteiger partial charge >= 0.3 is 0 Å². The van der Waals surface area contributed by atoms with Crippen molar-refractivity contribution in [1.82, 2.24) is 16.0 Å². The number of ether oxygens (including phenoxy) is 1. The van der Waals surface area contributed by atoms with Crippen molar-refractivity contribution in [2.24, 2.45) is 0 Å². The molecular weight excluding hydrogens is 473 g/mol. The van der Waals surface area contributed by atoms with Crippen LogP contribution in [0.3, 0.4) is 0 Å². The molecule has 2 aromatic carbocycles. The molecule has 0 aromatic heterocycles. The van der Waals surface area contributed by atoms with Crippen LogP contribution in [0.1, 0.15) is 49.3 Å². The van der Waals surface area contributed by atoms with Gasteiger partial charge in [0.25, 0.3) is 0 Å². The summed E-state index contributed by atoms with van der Waals surface area (Å²) in [5, 5.41) is 19.8. The summed E-state index contributed by atoms with van der Waals surface area (Å²) >= 11 is 0. The highest BCUT2D eigenvalue weighted by atomic mass is 19.1. The predicted octanol–water partition coefficient (Wildman–Crippen LogP) is 2.64. The van der Waals surface area contributed by atoms with Crippen LogP contribution in [0.15, 0.2) is 42.5 Å². The highest BCUT2D eigenvalue weighted by molar-refractivity contribution is 5.88. The average Bonchev–Trinajstić information content (AvgIpc) is 2.88. The van der Waals surface area contributed by atoms with Crippen LogP contribution in [0.5, 0.6) is 5.75 Å². The lowest BCUT2D eigenvalue weighted by Crippen LogP contribution is -2.54. The third-order valence-electron chi connectivity index (χ3n) is 6.36. The molecule has 0 aliphatic carbocycles. The summed E-state index contributed by atoms with van der Waals surface area (Å²) in [7, 11) is 0. The Morgan fingerprint density at radius 3 is 2.76 bits per heavy atom. The van der Waals surface area contributed by atoms with Crippen molar-refractivity contribution in [1.29, 1.82) is 0 Å². The van der Waals surface area contributed by atoms with Crippen molar-refractivity contribution in [2.75, 3.05) is 13.2 Å². The first-order chi connectivity index (χ1) is 17.9. The van der Waals surface area contributed by atoms with Crippen LogP contribution in [-0.2, 0) is 29.0 Å². The highest BCUT2D eigenvalue weighted by Gasteiger charge is 2.27. The van der Waals surface area contributed by atoms with Crippen molar-refractivity contribution in [3.63, 3.8) is 0 Å². The molecule has 0 radical (unpaired) electrons. The second-order valence-electron chi connectivity index (χ2n) is 9.29. The summed E-state index contributed by atoms with van der Waals surface area (Å²) in [6, 6.07) is 11.1. The molecule has 0 fully saturated rings. The molecule has 7 nitrogen and oxygen atoms in total. The number of hydrogen-bond acceptors (Lipinski definition) is 5. The molecule has 4 N–H and O–H groups in total. The number of aryl methyl sites for hydroxylation is 1. The molecule has 4 rings (SSSR count). The number of rotatable bonds is 7. The molecule has 3 atom stereocenters. The van der Waals surface area contributed by atoms with Crippen molar-refractivity contribution < 1.29 is 23.8 Å². The van der Waals surface area contributed by atoms with Crippen LogP contribution in [0.25, 0.3) is 0 Å². The van der Waals surface area contributed by atoms with Crippen LogP contribution >= 0.6 is 0 Å². The first kappa shape index (κ1) is 28.2. The lowest BCUT2D eigenvalue weighted by atomic mass is 9.99. The fourth-order valence-corrected chi connectivity index (χ4v) is 4.24. The summed E-state index contributed by atoms with van der Waals surface area (Å²) in [4.78, 5) is 25.5. The minimum Gasteiger partial charge on any atom is -0.491 e. The number of terminal acetylenes is 1. The van der Waals surface area contributed by atoms with Gasteiger partial charge in [-0.05, 0) is 54.5 Å². The second-order valence-corrected chi connectivity index (χ2v) is 9.29. The van der Waals surface area contributed by atoms with Crippen LogP contribution < -0.4 is 20.7 Å². The number of nitrogens with one attached hydrogen (secondary N) is 3. The maximum Gasteiger partial charge on any atom is 0.243 e. The standard InChI is InChI=1S/C29H36FN3O4/c1-3-8-24-29(36)33-25(26(34)19-31-18-22-10-7-9-20(4-2)15-22)17-21-12-13-27(23(30)16-21)37-14-6-5-11-28(35)32-24/h1,7,9-10,12-13,15-16,24-26,31,34H,4-6,8,11,14,17-19H2,2H3,(H,32,35)(H,33,36)/t24-,25-,26+/m0/s1. The summed E-state index contributed by atoms with van der Waals surface area (Å²) in [5.41, 5.74) is 2.90. The van der Waals surface area contributed by atoms with E-state index in [1.807, 2.05) is 12.1 Å². The maximum atomic E-state index is 14.7. The maximum absolute atomic E-state index is 14.7. The third-order valence-corrected chi connectivity index (χ3v) is 6.36. The Kier molecular flexibility index (Phi) is 10.9. The van der Waals surface area contributed by atoms with Crippen molar-refractivity contribution in [3.8, 4) is 18.1 Å². The summed E-state index contributed by atoms with van der Waals surface area (Å²) < 4.78 is 20.2. The van der Waals surface area contributed by atoms with Gasteiger partial charge in [-0.15, -0.1) is 12.3 Å². The van der Waals surface area contributed by atoms with E-state index in [4.69, 9.17) is 11.2 Å². The first-order valence-electron chi connectivity index (χ1n) is 12.8. The minimum atomic E-state index is -0.988. The van der Waals surface area contributed by atoms with Crippen molar-refractivity contribution in [2.45, 2.75) is 70.2 Å². The van der Waals surface area contributed by atoms with Crippen molar-refractivity contribution in [3.05, 3.63) is 65.0 Å². The average molecular weight is 510 g/mol. The smallest absolute Gasteiger partial charge is 0.243 e. The largest absolute Gasteiger partial charge is 0.491 e. The van der Waals surface area contributed by atoms with Gasteiger partial charge in [0.15, 0.2) is 11.6 Å². The van der Waals surface area contributed by atoms with Gasteiger partial charge in [0.2, 0.25) is 11.8 Å². The van der Waals surface area contributed by atoms with Gasteiger partial charge in [-0.25, -0.2) is 4.39 Å². The Bertz CT molecular complexity index is 1100. The van der Waals surface area contributed by atoms with E-state index in [2.05, 4.69) is 40.9 Å².